The first-order chi connectivity index (χ1) is 5.77. The van der Waals surface area contributed by atoms with Crippen LogP contribution in [0.1, 0.15) is 11.6 Å². The summed E-state index contributed by atoms with van der Waals surface area (Å²) >= 11 is 3.38. The van der Waals surface area contributed by atoms with Gasteiger partial charge in [0.15, 0.2) is 0 Å². The lowest BCUT2D eigenvalue weighted by Crippen LogP contribution is -2.19. The monoisotopic (exact) mass is 229 g/mol. The first kappa shape index (κ1) is 9.71. The fourth-order valence-electron chi connectivity index (χ4n) is 1.09. The molecule has 66 valence electrons. The van der Waals surface area contributed by atoms with E-state index >= 15 is 0 Å². The van der Waals surface area contributed by atoms with Gasteiger partial charge < -0.3 is 10.4 Å². The summed E-state index contributed by atoms with van der Waals surface area (Å²) in [4.78, 5) is 0. The largest absolute Gasteiger partial charge is 0.394 e. The van der Waals surface area contributed by atoms with Crippen molar-refractivity contribution in [3.8, 4) is 0 Å². The number of halogens is 1. The van der Waals surface area contributed by atoms with Gasteiger partial charge in [-0.2, -0.15) is 0 Å². The lowest BCUT2D eigenvalue weighted by Gasteiger charge is -2.13. The summed E-state index contributed by atoms with van der Waals surface area (Å²) in [7, 11) is 1.84. The standard InChI is InChI=1S/C9H12BrNO/c1-11-9(6-12)7-3-2-4-8(10)5-7/h2-5,9,11-12H,6H2,1H3/t9-/m0/s1. The highest BCUT2D eigenvalue weighted by molar-refractivity contribution is 9.10. The fourth-order valence-corrected chi connectivity index (χ4v) is 1.50. The van der Waals surface area contributed by atoms with E-state index in [2.05, 4.69) is 21.2 Å². The fraction of sp³-hybridized carbons (Fsp3) is 0.333. The summed E-state index contributed by atoms with van der Waals surface area (Å²) < 4.78 is 1.04. The van der Waals surface area contributed by atoms with Gasteiger partial charge in [-0.3, -0.25) is 0 Å². The summed E-state index contributed by atoms with van der Waals surface area (Å²) in [6.07, 6.45) is 0. The lowest BCUT2D eigenvalue weighted by molar-refractivity contribution is 0.251. The minimum atomic E-state index is 0.0301. The van der Waals surface area contributed by atoms with Crippen LogP contribution in [0.4, 0.5) is 0 Å². The third-order valence-electron chi connectivity index (χ3n) is 1.78. The maximum atomic E-state index is 8.99. The molecular formula is C9H12BrNO. The Morgan fingerprint density at radius 2 is 2.33 bits per heavy atom. The molecule has 0 heterocycles. The molecule has 1 aromatic carbocycles. The summed E-state index contributed by atoms with van der Waals surface area (Å²) in [5.74, 6) is 0. The molecule has 0 bridgehead atoms. The van der Waals surface area contributed by atoms with Crippen LogP contribution in [0.5, 0.6) is 0 Å². The van der Waals surface area contributed by atoms with Gasteiger partial charge in [-0.05, 0) is 24.7 Å². The van der Waals surface area contributed by atoms with Crippen LogP contribution in [0.25, 0.3) is 0 Å². The minimum Gasteiger partial charge on any atom is -0.394 e. The quantitative estimate of drug-likeness (QED) is 0.828. The van der Waals surface area contributed by atoms with Gasteiger partial charge in [0.2, 0.25) is 0 Å². The van der Waals surface area contributed by atoms with Gasteiger partial charge >= 0.3 is 0 Å². The van der Waals surface area contributed by atoms with Gasteiger partial charge in [-0.25, -0.2) is 0 Å². The summed E-state index contributed by atoms with van der Waals surface area (Å²) in [6, 6.07) is 7.94. The van der Waals surface area contributed by atoms with Gasteiger partial charge in [0.05, 0.1) is 12.6 Å². The molecule has 0 saturated carbocycles. The Kier molecular flexibility index (Phi) is 3.72. The molecule has 1 atom stereocenters. The van der Waals surface area contributed by atoms with Gasteiger partial charge in [-0.15, -0.1) is 0 Å². The van der Waals surface area contributed by atoms with Crippen molar-refractivity contribution in [2.75, 3.05) is 13.7 Å². The van der Waals surface area contributed by atoms with E-state index in [-0.39, 0.29) is 12.6 Å². The first-order valence-electron chi connectivity index (χ1n) is 3.81. The van der Waals surface area contributed by atoms with Crippen molar-refractivity contribution < 1.29 is 5.11 Å². The number of aliphatic hydroxyl groups is 1. The Bertz CT molecular complexity index is 248. The van der Waals surface area contributed by atoms with Crippen LogP contribution in [0.15, 0.2) is 28.7 Å². The van der Waals surface area contributed by atoms with Crippen LogP contribution >= 0.6 is 15.9 Å². The van der Waals surface area contributed by atoms with Crippen molar-refractivity contribution in [3.05, 3.63) is 34.3 Å². The average Bonchev–Trinajstić information content (AvgIpc) is 2.07. The van der Waals surface area contributed by atoms with Crippen molar-refractivity contribution in [3.63, 3.8) is 0 Å². The molecule has 0 saturated heterocycles. The SMILES string of the molecule is CN[C@@H](CO)c1cccc(Br)c1. The zero-order valence-corrected chi connectivity index (χ0v) is 8.51. The third kappa shape index (κ3) is 2.30. The van der Waals surface area contributed by atoms with Crippen LogP contribution in [0.2, 0.25) is 0 Å². The first-order valence-corrected chi connectivity index (χ1v) is 4.61. The molecule has 0 aliphatic heterocycles. The van der Waals surface area contributed by atoms with Gasteiger partial charge in [0, 0.05) is 4.47 Å². The summed E-state index contributed by atoms with van der Waals surface area (Å²) in [6.45, 7) is 0.118. The second-order valence-corrected chi connectivity index (χ2v) is 3.49. The van der Waals surface area contributed by atoms with Crippen LogP contribution in [-0.4, -0.2) is 18.8 Å². The number of rotatable bonds is 3. The predicted molar refractivity (Wildman–Crippen MR) is 53.0 cm³/mol. The maximum absolute atomic E-state index is 8.99. The molecule has 0 radical (unpaired) electrons. The van der Waals surface area contributed by atoms with E-state index in [4.69, 9.17) is 5.11 Å². The number of likely N-dealkylation sites (N-methyl/N-ethyl adjacent to an activating group) is 1. The Morgan fingerprint density at radius 1 is 1.58 bits per heavy atom. The predicted octanol–water partition coefficient (Wildman–Crippen LogP) is 1.70. The highest BCUT2D eigenvalue weighted by Crippen LogP contribution is 2.17. The minimum absolute atomic E-state index is 0.0301. The second kappa shape index (κ2) is 4.60. The molecule has 2 N–H and O–H groups in total. The Balaban J connectivity index is 2.85. The van der Waals surface area contributed by atoms with Crippen molar-refractivity contribution in [2.45, 2.75) is 6.04 Å². The molecule has 0 fully saturated rings. The van der Waals surface area contributed by atoms with Gasteiger partial charge in [0.25, 0.3) is 0 Å². The topological polar surface area (TPSA) is 32.3 Å². The number of benzene rings is 1. The Hall–Kier alpha value is -0.380. The number of aliphatic hydroxyl groups excluding tert-OH is 1. The summed E-state index contributed by atoms with van der Waals surface area (Å²) in [5, 5.41) is 12.0. The Labute approximate surface area is 80.7 Å². The molecule has 0 aromatic heterocycles. The van der Waals surface area contributed by atoms with Crippen LogP contribution < -0.4 is 5.32 Å². The molecule has 12 heavy (non-hydrogen) atoms. The smallest absolute Gasteiger partial charge is 0.0626 e. The molecule has 0 spiro atoms. The lowest BCUT2D eigenvalue weighted by atomic mass is 10.1. The highest BCUT2D eigenvalue weighted by atomic mass is 79.9. The Morgan fingerprint density at radius 3 is 2.83 bits per heavy atom. The van der Waals surface area contributed by atoms with Crippen LogP contribution in [0, 0.1) is 0 Å². The van der Waals surface area contributed by atoms with Crippen molar-refractivity contribution in [1.82, 2.24) is 5.32 Å². The average molecular weight is 230 g/mol. The normalized spacial score (nSPS) is 12.9. The van der Waals surface area contributed by atoms with Crippen molar-refractivity contribution in [1.29, 1.82) is 0 Å². The van der Waals surface area contributed by atoms with Crippen molar-refractivity contribution >= 4 is 15.9 Å². The van der Waals surface area contributed by atoms with E-state index in [0.717, 1.165) is 10.0 Å². The van der Waals surface area contributed by atoms with E-state index in [1.807, 2.05) is 31.3 Å². The van der Waals surface area contributed by atoms with Crippen molar-refractivity contribution in [2.24, 2.45) is 0 Å². The van der Waals surface area contributed by atoms with E-state index in [1.54, 1.807) is 0 Å². The molecular weight excluding hydrogens is 218 g/mol. The molecule has 0 aliphatic rings. The molecule has 0 aliphatic carbocycles. The molecule has 1 aromatic rings. The highest BCUT2D eigenvalue weighted by Gasteiger charge is 2.06. The number of hydrogen-bond donors (Lipinski definition) is 2. The molecule has 0 unspecified atom stereocenters. The number of nitrogens with one attached hydrogen (secondary N) is 1. The molecule has 0 amide bonds. The molecule has 1 rings (SSSR count). The molecule has 3 heteroatoms. The summed E-state index contributed by atoms with van der Waals surface area (Å²) in [5.41, 5.74) is 1.09. The molecule has 2 nitrogen and oxygen atoms in total. The number of hydrogen-bond acceptors (Lipinski definition) is 2. The van der Waals surface area contributed by atoms with Crippen LogP contribution in [-0.2, 0) is 0 Å². The maximum Gasteiger partial charge on any atom is 0.0626 e. The van der Waals surface area contributed by atoms with E-state index in [1.165, 1.54) is 0 Å². The van der Waals surface area contributed by atoms with E-state index < -0.39 is 0 Å². The van der Waals surface area contributed by atoms with Gasteiger partial charge in [-0.1, -0.05) is 28.1 Å². The van der Waals surface area contributed by atoms with Gasteiger partial charge in [0.1, 0.15) is 0 Å². The zero-order chi connectivity index (χ0) is 8.97. The van der Waals surface area contributed by atoms with Crippen LogP contribution in [0.3, 0.4) is 0 Å². The van der Waals surface area contributed by atoms with E-state index in [9.17, 15) is 0 Å². The van der Waals surface area contributed by atoms with E-state index in [0.29, 0.717) is 0 Å². The zero-order valence-electron chi connectivity index (χ0n) is 6.92. The third-order valence-corrected chi connectivity index (χ3v) is 2.28. The second-order valence-electron chi connectivity index (χ2n) is 2.58.